The van der Waals surface area contributed by atoms with Crippen LogP contribution in [0.1, 0.15) is 34.3 Å². The number of hydrogen-bond acceptors (Lipinski definition) is 4. The van der Waals surface area contributed by atoms with Crippen LogP contribution < -0.4 is 16.0 Å². The van der Waals surface area contributed by atoms with Gasteiger partial charge in [-0.2, -0.15) is 13.2 Å². The van der Waals surface area contributed by atoms with E-state index in [1.54, 1.807) is 54.7 Å². The van der Waals surface area contributed by atoms with E-state index in [9.17, 15) is 22.8 Å². The van der Waals surface area contributed by atoms with Crippen molar-refractivity contribution >= 4 is 35.7 Å². The fourth-order valence-electron chi connectivity index (χ4n) is 5.22. The molecule has 212 valence electrons. The molecule has 2 amide bonds. The molecule has 0 spiro atoms. The molecular formula is C31H28ClF3N4O2. The molecule has 3 N–H and O–H groups in total. The molecule has 0 aliphatic heterocycles. The van der Waals surface area contributed by atoms with Crippen LogP contribution in [0.2, 0.25) is 0 Å². The molecule has 0 radical (unpaired) electrons. The number of benzene rings is 3. The molecule has 0 unspecified atom stereocenters. The molecule has 1 aromatic heterocycles. The first-order chi connectivity index (χ1) is 19.3. The van der Waals surface area contributed by atoms with Gasteiger partial charge < -0.3 is 16.0 Å². The standard InChI is InChI=1S/C31H27F3N4O2.ClH/c32-31(33,34)20-37-29(40)30(25-13-6-4-11-23(25)24-12-5-7-14-26(24)30)17-8-18-35-27-16-15-22(19-36-27)38-28(39)21-9-2-1-3-10-21;/h1-7,9-16,19H,8,17-18,20H2,(H,35,36)(H,37,40)(H,38,39);1H. The van der Waals surface area contributed by atoms with Crippen molar-refractivity contribution in [1.29, 1.82) is 0 Å². The van der Waals surface area contributed by atoms with E-state index in [2.05, 4.69) is 20.9 Å². The molecule has 3 aromatic carbocycles. The van der Waals surface area contributed by atoms with Gasteiger partial charge in [0.05, 0.1) is 11.9 Å². The summed E-state index contributed by atoms with van der Waals surface area (Å²) in [5.74, 6) is -0.339. The van der Waals surface area contributed by atoms with Crippen molar-refractivity contribution in [3.8, 4) is 11.1 Å². The number of pyridine rings is 1. The largest absolute Gasteiger partial charge is 0.405 e. The second kappa shape index (κ2) is 12.4. The first-order valence-corrected chi connectivity index (χ1v) is 12.9. The Bertz CT molecular complexity index is 1470. The van der Waals surface area contributed by atoms with Crippen molar-refractivity contribution in [2.24, 2.45) is 0 Å². The third-order valence-electron chi connectivity index (χ3n) is 6.99. The molecule has 1 heterocycles. The van der Waals surface area contributed by atoms with Crippen molar-refractivity contribution < 1.29 is 22.8 Å². The lowest BCUT2D eigenvalue weighted by Gasteiger charge is -2.31. The average molecular weight is 581 g/mol. The quantitative estimate of drug-likeness (QED) is 0.195. The Hall–Kier alpha value is -4.37. The predicted molar refractivity (Wildman–Crippen MR) is 155 cm³/mol. The number of carbonyl (C=O) groups is 2. The zero-order valence-electron chi connectivity index (χ0n) is 21.9. The minimum absolute atomic E-state index is 0. The molecular weight excluding hydrogens is 553 g/mol. The third kappa shape index (κ3) is 6.36. The van der Waals surface area contributed by atoms with E-state index in [0.717, 1.165) is 11.1 Å². The van der Waals surface area contributed by atoms with Gasteiger partial charge in [-0.3, -0.25) is 9.59 Å². The molecule has 0 saturated heterocycles. The number of amides is 2. The van der Waals surface area contributed by atoms with Crippen LogP contribution in [-0.4, -0.2) is 36.1 Å². The lowest BCUT2D eigenvalue weighted by Crippen LogP contribution is -2.47. The van der Waals surface area contributed by atoms with E-state index in [0.29, 0.717) is 47.6 Å². The highest BCUT2D eigenvalue weighted by molar-refractivity contribution is 6.04. The normalized spacial score (nSPS) is 12.9. The van der Waals surface area contributed by atoms with Gasteiger partial charge in [0.2, 0.25) is 5.91 Å². The molecule has 1 aliphatic carbocycles. The predicted octanol–water partition coefficient (Wildman–Crippen LogP) is 6.59. The maximum Gasteiger partial charge on any atom is 0.405 e. The van der Waals surface area contributed by atoms with Crippen LogP contribution in [0.25, 0.3) is 11.1 Å². The summed E-state index contributed by atoms with van der Waals surface area (Å²) in [7, 11) is 0. The number of fused-ring (bicyclic) bond motifs is 3. The number of anilines is 2. The zero-order valence-corrected chi connectivity index (χ0v) is 22.7. The summed E-state index contributed by atoms with van der Waals surface area (Å²) in [6.07, 6.45) is -2.20. The van der Waals surface area contributed by atoms with Crippen LogP contribution in [0.15, 0.2) is 97.2 Å². The molecule has 0 bridgehead atoms. The summed E-state index contributed by atoms with van der Waals surface area (Å²) >= 11 is 0. The van der Waals surface area contributed by atoms with Crippen LogP contribution in [0.3, 0.4) is 0 Å². The molecule has 41 heavy (non-hydrogen) atoms. The summed E-state index contributed by atoms with van der Waals surface area (Å²) in [6.45, 7) is -0.964. The fraction of sp³-hybridized carbons (Fsp3) is 0.194. The SMILES string of the molecule is Cl.O=C(Nc1ccc(NCCCC2(C(=O)NCC(F)(F)F)c3ccccc3-c3ccccc32)nc1)c1ccccc1. The fourth-order valence-corrected chi connectivity index (χ4v) is 5.22. The van der Waals surface area contributed by atoms with Crippen LogP contribution in [0.4, 0.5) is 24.7 Å². The Morgan fingerprint density at radius 3 is 2.00 bits per heavy atom. The number of halogens is 4. The van der Waals surface area contributed by atoms with Gasteiger partial charge in [0.25, 0.3) is 5.91 Å². The molecule has 4 aromatic rings. The van der Waals surface area contributed by atoms with Gasteiger partial charge >= 0.3 is 6.18 Å². The Balaban J connectivity index is 0.00000387. The highest BCUT2D eigenvalue weighted by Crippen LogP contribution is 2.51. The summed E-state index contributed by atoms with van der Waals surface area (Å²) in [5.41, 5.74) is 2.93. The lowest BCUT2D eigenvalue weighted by atomic mass is 9.73. The first-order valence-electron chi connectivity index (χ1n) is 12.9. The third-order valence-corrected chi connectivity index (χ3v) is 6.99. The van der Waals surface area contributed by atoms with Gasteiger partial charge in [-0.1, -0.05) is 66.7 Å². The maximum atomic E-state index is 13.6. The number of carbonyl (C=O) groups excluding carboxylic acids is 2. The van der Waals surface area contributed by atoms with E-state index >= 15 is 0 Å². The van der Waals surface area contributed by atoms with Gasteiger partial charge in [-0.15, -0.1) is 12.4 Å². The van der Waals surface area contributed by atoms with E-state index in [1.807, 2.05) is 42.5 Å². The Morgan fingerprint density at radius 1 is 0.805 bits per heavy atom. The zero-order chi connectivity index (χ0) is 28.2. The smallest absolute Gasteiger partial charge is 0.370 e. The van der Waals surface area contributed by atoms with Gasteiger partial charge in [-0.05, 0) is 59.4 Å². The number of nitrogens with zero attached hydrogens (tertiary/aromatic N) is 1. The molecule has 1 aliphatic rings. The van der Waals surface area contributed by atoms with E-state index in [1.165, 1.54) is 0 Å². The number of aromatic nitrogens is 1. The van der Waals surface area contributed by atoms with Gasteiger partial charge in [0, 0.05) is 12.1 Å². The van der Waals surface area contributed by atoms with E-state index < -0.39 is 24.0 Å². The number of alkyl halides is 3. The molecule has 0 atom stereocenters. The first kappa shape index (κ1) is 29.6. The van der Waals surface area contributed by atoms with Crippen molar-refractivity contribution in [3.63, 3.8) is 0 Å². The molecule has 0 fully saturated rings. The molecule has 5 rings (SSSR count). The van der Waals surface area contributed by atoms with Crippen molar-refractivity contribution in [3.05, 3.63) is 114 Å². The van der Waals surface area contributed by atoms with Gasteiger partial charge in [0.15, 0.2) is 0 Å². The Labute approximate surface area is 241 Å². The average Bonchev–Trinajstić information content (AvgIpc) is 3.26. The molecule has 10 heteroatoms. The Morgan fingerprint density at radius 2 is 1.41 bits per heavy atom. The summed E-state index contributed by atoms with van der Waals surface area (Å²) in [5, 5.41) is 8.15. The molecule has 6 nitrogen and oxygen atoms in total. The summed E-state index contributed by atoms with van der Waals surface area (Å²) < 4.78 is 39.1. The van der Waals surface area contributed by atoms with Gasteiger partial charge in [0.1, 0.15) is 17.8 Å². The number of nitrogens with one attached hydrogen (secondary N) is 3. The van der Waals surface area contributed by atoms with Crippen molar-refractivity contribution in [2.45, 2.75) is 24.4 Å². The van der Waals surface area contributed by atoms with E-state index in [4.69, 9.17) is 0 Å². The number of rotatable bonds is 9. The topological polar surface area (TPSA) is 83.1 Å². The van der Waals surface area contributed by atoms with Crippen molar-refractivity contribution in [2.75, 3.05) is 23.7 Å². The lowest BCUT2D eigenvalue weighted by molar-refractivity contribution is -0.141. The summed E-state index contributed by atoms with van der Waals surface area (Å²) in [6, 6.07) is 27.1. The highest BCUT2D eigenvalue weighted by Gasteiger charge is 2.49. The van der Waals surface area contributed by atoms with Crippen LogP contribution in [0.5, 0.6) is 0 Å². The Kier molecular flexibility index (Phi) is 8.98. The van der Waals surface area contributed by atoms with Crippen LogP contribution >= 0.6 is 12.4 Å². The second-order valence-corrected chi connectivity index (χ2v) is 9.58. The van der Waals surface area contributed by atoms with E-state index in [-0.39, 0.29) is 18.3 Å². The maximum absolute atomic E-state index is 13.6. The van der Waals surface area contributed by atoms with Crippen molar-refractivity contribution in [1.82, 2.24) is 10.3 Å². The van der Waals surface area contributed by atoms with Gasteiger partial charge in [-0.25, -0.2) is 4.98 Å². The minimum atomic E-state index is -4.52. The monoisotopic (exact) mass is 580 g/mol. The highest BCUT2D eigenvalue weighted by atomic mass is 35.5. The van der Waals surface area contributed by atoms with Crippen LogP contribution in [0, 0.1) is 0 Å². The van der Waals surface area contributed by atoms with Crippen LogP contribution in [-0.2, 0) is 10.2 Å². The number of hydrogen-bond donors (Lipinski definition) is 3. The molecule has 0 saturated carbocycles. The minimum Gasteiger partial charge on any atom is -0.370 e. The second-order valence-electron chi connectivity index (χ2n) is 9.58. The summed E-state index contributed by atoms with van der Waals surface area (Å²) in [4.78, 5) is 30.2.